The number of hydrogen-bond donors (Lipinski definition) is 2. The fraction of sp³-hybridized carbons (Fsp3) is 0.316. The Kier molecular flexibility index (Phi) is 4.72. The molecule has 4 heteroatoms. The van der Waals surface area contributed by atoms with Gasteiger partial charge in [0.1, 0.15) is 11.9 Å². The fourth-order valence-electron chi connectivity index (χ4n) is 2.49. The summed E-state index contributed by atoms with van der Waals surface area (Å²) in [4.78, 5) is 12.5. The lowest BCUT2D eigenvalue weighted by Gasteiger charge is -2.19. The standard InChI is InChI=1S/C19H21FN2O/c1-13-7-8-14(11-17(13)20)12-21-18(15-5-3-2-4-6-15)19(23)22-16-9-10-16/h2-8,11,16,18,21H,9-10,12H2,1H3,(H,22,23)/t18-/m0/s1. The Labute approximate surface area is 135 Å². The number of benzene rings is 2. The predicted octanol–water partition coefficient (Wildman–Crippen LogP) is 3.24. The van der Waals surface area contributed by atoms with Gasteiger partial charge in [-0.15, -0.1) is 0 Å². The molecule has 1 aliphatic carbocycles. The van der Waals surface area contributed by atoms with Gasteiger partial charge in [0.25, 0.3) is 0 Å². The topological polar surface area (TPSA) is 41.1 Å². The quantitative estimate of drug-likeness (QED) is 0.860. The number of hydrogen-bond acceptors (Lipinski definition) is 2. The van der Waals surface area contributed by atoms with Crippen molar-refractivity contribution in [1.82, 2.24) is 10.6 Å². The summed E-state index contributed by atoms with van der Waals surface area (Å²) in [7, 11) is 0. The molecule has 2 aromatic carbocycles. The molecule has 1 atom stereocenters. The SMILES string of the molecule is Cc1ccc(CN[C@H](C(=O)NC2CC2)c2ccccc2)cc1F. The van der Waals surface area contributed by atoms with Gasteiger partial charge < -0.3 is 5.32 Å². The van der Waals surface area contributed by atoms with E-state index in [2.05, 4.69) is 10.6 Å². The van der Waals surface area contributed by atoms with Crippen molar-refractivity contribution in [1.29, 1.82) is 0 Å². The molecule has 3 nitrogen and oxygen atoms in total. The maximum atomic E-state index is 13.7. The monoisotopic (exact) mass is 312 g/mol. The number of amides is 1. The van der Waals surface area contributed by atoms with Gasteiger partial charge in [-0.1, -0.05) is 42.5 Å². The number of carbonyl (C=O) groups excluding carboxylic acids is 1. The number of nitrogens with one attached hydrogen (secondary N) is 2. The van der Waals surface area contributed by atoms with Gasteiger partial charge in [-0.3, -0.25) is 10.1 Å². The van der Waals surface area contributed by atoms with E-state index in [1.54, 1.807) is 13.0 Å². The maximum Gasteiger partial charge on any atom is 0.241 e. The molecule has 0 aromatic heterocycles. The minimum absolute atomic E-state index is 0.0220. The smallest absolute Gasteiger partial charge is 0.241 e. The Morgan fingerprint density at radius 1 is 1.22 bits per heavy atom. The molecule has 1 amide bonds. The molecule has 0 radical (unpaired) electrons. The van der Waals surface area contributed by atoms with Crippen LogP contribution in [0.4, 0.5) is 4.39 Å². The molecule has 3 rings (SSSR count). The van der Waals surface area contributed by atoms with Crippen LogP contribution < -0.4 is 10.6 Å². The summed E-state index contributed by atoms with van der Waals surface area (Å²) in [6, 6.07) is 14.7. The molecule has 0 spiro atoms. The molecule has 23 heavy (non-hydrogen) atoms. The first-order valence-electron chi connectivity index (χ1n) is 7.97. The first kappa shape index (κ1) is 15.7. The molecule has 1 saturated carbocycles. The third-order valence-corrected chi connectivity index (χ3v) is 4.07. The van der Waals surface area contributed by atoms with E-state index >= 15 is 0 Å². The lowest BCUT2D eigenvalue weighted by molar-refractivity contribution is -0.123. The lowest BCUT2D eigenvalue weighted by Crippen LogP contribution is -2.38. The Bertz CT molecular complexity index is 683. The largest absolute Gasteiger partial charge is 0.352 e. The molecule has 1 fully saturated rings. The number of carbonyl (C=O) groups is 1. The molecule has 2 N–H and O–H groups in total. The lowest BCUT2D eigenvalue weighted by atomic mass is 10.1. The summed E-state index contributed by atoms with van der Waals surface area (Å²) >= 11 is 0. The van der Waals surface area contributed by atoms with Crippen molar-refractivity contribution < 1.29 is 9.18 Å². The second-order valence-electron chi connectivity index (χ2n) is 6.09. The van der Waals surface area contributed by atoms with Crippen LogP contribution >= 0.6 is 0 Å². The van der Waals surface area contributed by atoms with Gasteiger partial charge in [-0.25, -0.2) is 4.39 Å². The minimum Gasteiger partial charge on any atom is -0.352 e. The van der Waals surface area contributed by atoms with Gasteiger partial charge >= 0.3 is 0 Å². The summed E-state index contributed by atoms with van der Waals surface area (Å²) < 4.78 is 13.7. The van der Waals surface area contributed by atoms with Crippen LogP contribution in [0.1, 0.15) is 35.6 Å². The molecule has 0 unspecified atom stereocenters. The fourth-order valence-corrected chi connectivity index (χ4v) is 2.49. The van der Waals surface area contributed by atoms with Gasteiger partial charge in [0.05, 0.1) is 0 Å². The van der Waals surface area contributed by atoms with Crippen molar-refractivity contribution >= 4 is 5.91 Å². The zero-order valence-electron chi connectivity index (χ0n) is 13.2. The highest BCUT2D eigenvalue weighted by atomic mass is 19.1. The van der Waals surface area contributed by atoms with Crippen LogP contribution in [0.2, 0.25) is 0 Å². The Balaban J connectivity index is 1.72. The number of aryl methyl sites for hydroxylation is 1. The average Bonchev–Trinajstić information content (AvgIpc) is 3.36. The van der Waals surface area contributed by atoms with Crippen molar-refractivity contribution in [3.63, 3.8) is 0 Å². The van der Waals surface area contributed by atoms with Crippen LogP contribution in [0.5, 0.6) is 0 Å². The molecule has 0 saturated heterocycles. The first-order chi connectivity index (χ1) is 11.1. The summed E-state index contributed by atoms with van der Waals surface area (Å²) in [5.74, 6) is -0.241. The molecule has 0 bridgehead atoms. The molecule has 120 valence electrons. The number of rotatable bonds is 6. The predicted molar refractivity (Wildman–Crippen MR) is 88.3 cm³/mol. The van der Waals surface area contributed by atoms with E-state index in [0.717, 1.165) is 24.0 Å². The maximum absolute atomic E-state index is 13.7. The summed E-state index contributed by atoms with van der Waals surface area (Å²) in [6.45, 7) is 2.18. The highest BCUT2D eigenvalue weighted by molar-refractivity contribution is 5.83. The van der Waals surface area contributed by atoms with Crippen LogP contribution in [0, 0.1) is 12.7 Å². The van der Waals surface area contributed by atoms with Crippen molar-refractivity contribution in [2.75, 3.05) is 0 Å². The van der Waals surface area contributed by atoms with E-state index in [4.69, 9.17) is 0 Å². The third kappa shape index (κ3) is 4.17. The molecule has 0 heterocycles. The Morgan fingerprint density at radius 3 is 2.61 bits per heavy atom. The zero-order valence-corrected chi connectivity index (χ0v) is 13.2. The van der Waals surface area contributed by atoms with Gasteiger partial charge in [0, 0.05) is 12.6 Å². The molecule has 1 aliphatic rings. The Morgan fingerprint density at radius 2 is 1.96 bits per heavy atom. The zero-order chi connectivity index (χ0) is 16.2. The van der Waals surface area contributed by atoms with E-state index in [-0.39, 0.29) is 11.7 Å². The van der Waals surface area contributed by atoms with E-state index in [1.807, 2.05) is 36.4 Å². The van der Waals surface area contributed by atoms with Crippen LogP contribution in [0.15, 0.2) is 48.5 Å². The molecule has 2 aromatic rings. The number of halogens is 1. The van der Waals surface area contributed by atoms with Gasteiger partial charge in [-0.05, 0) is 42.5 Å². The van der Waals surface area contributed by atoms with Crippen LogP contribution in [0.3, 0.4) is 0 Å². The second-order valence-corrected chi connectivity index (χ2v) is 6.09. The van der Waals surface area contributed by atoms with Gasteiger partial charge in [0.15, 0.2) is 0 Å². The van der Waals surface area contributed by atoms with Gasteiger partial charge in [0.2, 0.25) is 5.91 Å². The van der Waals surface area contributed by atoms with Crippen molar-refractivity contribution in [2.24, 2.45) is 0 Å². The van der Waals surface area contributed by atoms with Crippen molar-refractivity contribution in [3.8, 4) is 0 Å². The van der Waals surface area contributed by atoms with Crippen LogP contribution in [0.25, 0.3) is 0 Å². The molecular weight excluding hydrogens is 291 g/mol. The van der Waals surface area contributed by atoms with E-state index in [1.165, 1.54) is 6.07 Å². The minimum atomic E-state index is -0.429. The summed E-state index contributed by atoms with van der Waals surface area (Å²) in [5, 5.41) is 6.29. The van der Waals surface area contributed by atoms with Gasteiger partial charge in [-0.2, -0.15) is 0 Å². The Hall–Kier alpha value is -2.20. The highest BCUT2D eigenvalue weighted by Gasteiger charge is 2.28. The van der Waals surface area contributed by atoms with Crippen LogP contribution in [-0.4, -0.2) is 11.9 Å². The molecule has 0 aliphatic heterocycles. The van der Waals surface area contributed by atoms with E-state index < -0.39 is 6.04 Å². The van der Waals surface area contributed by atoms with Crippen molar-refractivity contribution in [2.45, 2.75) is 38.4 Å². The average molecular weight is 312 g/mol. The highest BCUT2D eigenvalue weighted by Crippen LogP contribution is 2.21. The normalized spacial score (nSPS) is 15.2. The van der Waals surface area contributed by atoms with Crippen LogP contribution in [-0.2, 0) is 11.3 Å². The van der Waals surface area contributed by atoms with E-state index in [9.17, 15) is 9.18 Å². The second kappa shape index (κ2) is 6.92. The molecular formula is C19H21FN2O. The first-order valence-corrected chi connectivity index (χ1v) is 7.97. The summed E-state index contributed by atoms with van der Waals surface area (Å²) in [5.41, 5.74) is 2.37. The van der Waals surface area contributed by atoms with E-state index in [0.29, 0.717) is 18.2 Å². The summed E-state index contributed by atoms with van der Waals surface area (Å²) in [6.07, 6.45) is 2.10. The third-order valence-electron chi connectivity index (χ3n) is 4.07. The van der Waals surface area contributed by atoms with Crippen molar-refractivity contribution in [3.05, 3.63) is 71.0 Å².